The Morgan fingerprint density at radius 1 is 1.33 bits per heavy atom. The van der Waals surface area contributed by atoms with Crippen LogP contribution in [-0.2, 0) is 16.3 Å². The molecule has 0 spiro atoms. The molecule has 0 heterocycles. The zero-order chi connectivity index (χ0) is 11.5. The summed E-state index contributed by atoms with van der Waals surface area (Å²) >= 11 is 3.30. The number of rotatable bonds is 4. The van der Waals surface area contributed by atoms with Gasteiger partial charge in [-0.05, 0) is 43.1 Å². The predicted molar refractivity (Wildman–Crippen MR) is 64.6 cm³/mol. The standard InChI is InChI=1S/C10H14BrNO2S/c1-15(13,14)10-6-8(3-2-4-12)5-9(11)7-10/h5-7H,2-4,12H2,1H3. The molecule has 0 radical (unpaired) electrons. The fourth-order valence-electron chi connectivity index (χ4n) is 1.29. The summed E-state index contributed by atoms with van der Waals surface area (Å²) in [5.41, 5.74) is 6.40. The molecule has 3 nitrogen and oxygen atoms in total. The molecule has 0 atom stereocenters. The summed E-state index contributed by atoms with van der Waals surface area (Å²) in [6.07, 6.45) is 2.87. The minimum absolute atomic E-state index is 0.351. The molecule has 1 aromatic carbocycles. The summed E-state index contributed by atoms with van der Waals surface area (Å²) in [4.78, 5) is 0.351. The lowest BCUT2D eigenvalue weighted by atomic mass is 10.1. The molecular formula is C10H14BrNO2S. The Hall–Kier alpha value is -0.390. The summed E-state index contributed by atoms with van der Waals surface area (Å²) in [7, 11) is -3.13. The van der Waals surface area contributed by atoms with Gasteiger partial charge in [-0.25, -0.2) is 8.42 Å². The van der Waals surface area contributed by atoms with Crippen LogP contribution in [0.4, 0.5) is 0 Å². The molecule has 5 heteroatoms. The number of hydrogen-bond donors (Lipinski definition) is 1. The van der Waals surface area contributed by atoms with Crippen molar-refractivity contribution in [2.75, 3.05) is 12.8 Å². The zero-order valence-electron chi connectivity index (χ0n) is 8.53. The molecule has 15 heavy (non-hydrogen) atoms. The highest BCUT2D eigenvalue weighted by Crippen LogP contribution is 2.20. The molecule has 0 aliphatic heterocycles. The number of hydrogen-bond acceptors (Lipinski definition) is 3. The van der Waals surface area contributed by atoms with Gasteiger partial charge in [0, 0.05) is 10.7 Å². The average molecular weight is 292 g/mol. The van der Waals surface area contributed by atoms with Gasteiger partial charge in [-0.2, -0.15) is 0 Å². The first-order chi connectivity index (χ1) is 6.93. The second-order valence-corrected chi connectivity index (χ2v) is 6.39. The molecule has 1 rings (SSSR count). The second-order valence-electron chi connectivity index (χ2n) is 3.46. The summed E-state index contributed by atoms with van der Waals surface area (Å²) in [5.74, 6) is 0. The van der Waals surface area contributed by atoms with E-state index < -0.39 is 9.84 Å². The Labute approximate surface area is 98.7 Å². The van der Waals surface area contributed by atoms with E-state index >= 15 is 0 Å². The average Bonchev–Trinajstić information content (AvgIpc) is 2.12. The fourth-order valence-corrected chi connectivity index (χ4v) is 2.68. The topological polar surface area (TPSA) is 60.2 Å². The van der Waals surface area contributed by atoms with Crippen molar-refractivity contribution in [2.45, 2.75) is 17.7 Å². The molecule has 0 bridgehead atoms. The van der Waals surface area contributed by atoms with Crippen LogP contribution in [-0.4, -0.2) is 21.2 Å². The second kappa shape index (κ2) is 5.09. The maximum atomic E-state index is 11.4. The van der Waals surface area contributed by atoms with Crippen molar-refractivity contribution in [2.24, 2.45) is 5.73 Å². The van der Waals surface area contributed by atoms with Crippen LogP contribution in [0.1, 0.15) is 12.0 Å². The largest absolute Gasteiger partial charge is 0.330 e. The van der Waals surface area contributed by atoms with Crippen LogP contribution in [0.2, 0.25) is 0 Å². The third kappa shape index (κ3) is 3.93. The van der Waals surface area contributed by atoms with Crippen molar-refractivity contribution >= 4 is 25.8 Å². The lowest BCUT2D eigenvalue weighted by Crippen LogP contribution is -2.02. The van der Waals surface area contributed by atoms with Gasteiger partial charge in [0.2, 0.25) is 0 Å². The summed E-state index contributed by atoms with van der Waals surface area (Å²) in [6.45, 7) is 0.612. The first-order valence-electron chi connectivity index (χ1n) is 4.63. The van der Waals surface area contributed by atoms with Crippen LogP contribution >= 0.6 is 15.9 Å². The Morgan fingerprint density at radius 2 is 2.00 bits per heavy atom. The molecule has 0 saturated carbocycles. The van der Waals surface area contributed by atoms with Crippen molar-refractivity contribution in [3.63, 3.8) is 0 Å². The van der Waals surface area contributed by atoms with Crippen LogP contribution in [0.3, 0.4) is 0 Å². The van der Waals surface area contributed by atoms with Crippen LogP contribution in [0.15, 0.2) is 27.6 Å². The maximum absolute atomic E-state index is 11.4. The lowest BCUT2D eigenvalue weighted by molar-refractivity contribution is 0.601. The molecule has 0 aliphatic carbocycles. The molecular weight excluding hydrogens is 278 g/mol. The van der Waals surface area contributed by atoms with E-state index in [2.05, 4.69) is 15.9 Å². The van der Waals surface area contributed by atoms with Crippen molar-refractivity contribution in [1.29, 1.82) is 0 Å². The molecule has 0 amide bonds. The summed E-state index contributed by atoms with van der Waals surface area (Å²) in [5, 5.41) is 0. The minimum atomic E-state index is -3.13. The SMILES string of the molecule is CS(=O)(=O)c1cc(Br)cc(CCCN)c1. The summed E-state index contributed by atoms with van der Waals surface area (Å²) in [6, 6.07) is 5.24. The Kier molecular flexibility index (Phi) is 4.31. The van der Waals surface area contributed by atoms with Gasteiger partial charge in [0.25, 0.3) is 0 Å². The molecule has 0 fully saturated rings. The van der Waals surface area contributed by atoms with Gasteiger partial charge in [-0.15, -0.1) is 0 Å². The normalized spacial score (nSPS) is 11.7. The van der Waals surface area contributed by atoms with E-state index in [9.17, 15) is 8.42 Å². The number of nitrogens with two attached hydrogens (primary N) is 1. The van der Waals surface area contributed by atoms with Crippen molar-refractivity contribution in [1.82, 2.24) is 0 Å². The molecule has 0 aromatic heterocycles. The highest BCUT2D eigenvalue weighted by molar-refractivity contribution is 9.10. The molecule has 1 aromatic rings. The van der Waals surface area contributed by atoms with E-state index in [1.807, 2.05) is 6.07 Å². The Morgan fingerprint density at radius 3 is 2.53 bits per heavy atom. The van der Waals surface area contributed by atoms with Crippen molar-refractivity contribution in [3.8, 4) is 0 Å². The van der Waals surface area contributed by atoms with E-state index in [1.165, 1.54) is 6.26 Å². The molecule has 84 valence electrons. The third-order valence-electron chi connectivity index (χ3n) is 2.03. The van der Waals surface area contributed by atoms with E-state index in [1.54, 1.807) is 12.1 Å². The van der Waals surface area contributed by atoms with E-state index in [-0.39, 0.29) is 0 Å². The number of halogens is 1. The molecule has 2 N–H and O–H groups in total. The van der Waals surface area contributed by atoms with Crippen LogP contribution in [0.25, 0.3) is 0 Å². The Balaban J connectivity index is 3.06. The van der Waals surface area contributed by atoms with Gasteiger partial charge >= 0.3 is 0 Å². The van der Waals surface area contributed by atoms with Gasteiger partial charge in [-0.3, -0.25) is 0 Å². The smallest absolute Gasteiger partial charge is 0.175 e. The number of aryl methyl sites for hydroxylation is 1. The van der Waals surface area contributed by atoms with Crippen LogP contribution in [0.5, 0.6) is 0 Å². The first-order valence-corrected chi connectivity index (χ1v) is 7.31. The zero-order valence-corrected chi connectivity index (χ0v) is 10.9. The van der Waals surface area contributed by atoms with Gasteiger partial charge < -0.3 is 5.73 Å². The van der Waals surface area contributed by atoms with Gasteiger partial charge in [0.1, 0.15) is 0 Å². The van der Waals surface area contributed by atoms with Crippen molar-refractivity contribution in [3.05, 3.63) is 28.2 Å². The van der Waals surface area contributed by atoms with Gasteiger partial charge in [0.05, 0.1) is 4.90 Å². The quantitative estimate of drug-likeness (QED) is 0.919. The molecule has 0 aliphatic rings. The van der Waals surface area contributed by atoms with Gasteiger partial charge in [0.15, 0.2) is 9.84 Å². The predicted octanol–water partition coefficient (Wildman–Crippen LogP) is 1.74. The highest BCUT2D eigenvalue weighted by Gasteiger charge is 2.09. The third-order valence-corrected chi connectivity index (χ3v) is 3.58. The number of sulfone groups is 1. The molecule has 0 saturated heterocycles. The van der Waals surface area contributed by atoms with Gasteiger partial charge in [-0.1, -0.05) is 15.9 Å². The maximum Gasteiger partial charge on any atom is 0.175 e. The van der Waals surface area contributed by atoms with E-state index in [4.69, 9.17) is 5.73 Å². The van der Waals surface area contributed by atoms with Crippen molar-refractivity contribution < 1.29 is 8.42 Å². The first kappa shape index (κ1) is 12.7. The van der Waals surface area contributed by atoms with E-state index in [0.29, 0.717) is 11.4 Å². The monoisotopic (exact) mass is 291 g/mol. The summed E-state index contributed by atoms with van der Waals surface area (Å²) < 4.78 is 23.5. The lowest BCUT2D eigenvalue weighted by Gasteiger charge is -2.04. The molecule has 0 unspecified atom stereocenters. The fraction of sp³-hybridized carbons (Fsp3) is 0.400. The minimum Gasteiger partial charge on any atom is -0.330 e. The van der Waals surface area contributed by atoms with Crippen LogP contribution < -0.4 is 5.73 Å². The van der Waals surface area contributed by atoms with Crippen LogP contribution in [0, 0.1) is 0 Å². The Bertz CT molecular complexity index is 443. The highest BCUT2D eigenvalue weighted by atomic mass is 79.9. The number of benzene rings is 1. The van der Waals surface area contributed by atoms with E-state index in [0.717, 1.165) is 22.9 Å².